The van der Waals surface area contributed by atoms with Crippen LogP contribution in [-0.2, 0) is 0 Å². The van der Waals surface area contributed by atoms with E-state index in [1.807, 2.05) is 18.2 Å². The minimum Gasteiger partial charge on any atom is -0.449 e. The number of anilines is 1. The van der Waals surface area contributed by atoms with Gasteiger partial charge >= 0.3 is 6.16 Å². The van der Waals surface area contributed by atoms with Gasteiger partial charge in [0.1, 0.15) is 0 Å². The second kappa shape index (κ2) is 7.25. The Labute approximate surface area is 166 Å². The average molecular weight is 403 g/mol. The normalized spacial score (nSPS) is 13.9. The number of carbonyl (C=O) groups is 1. The van der Waals surface area contributed by atoms with Crippen molar-refractivity contribution in [1.82, 2.24) is 4.98 Å². The van der Waals surface area contributed by atoms with Crippen LogP contribution in [0, 0.1) is 0 Å². The predicted octanol–water partition coefficient (Wildman–Crippen LogP) is 5.87. The topological polar surface area (TPSA) is 62.7 Å². The summed E-state index contributed by atoms with van der Waals surface area (Å²) in [5, 5.41) is 11.2. The Morgan fingerprint density at radius 2 is 1.81 bits per heavy atom. The predicted molar refractivity (Wildman–Crippen MR) is 107 cm³/mol. The van der Waals surface area contributed by atoms with Crippen LogP contribution in [0.15, 0.2) is 42.5 Å². The molecule has 2 aromatic carbocycles. The fourth-order valence-corrected chi connectivity index (χ4v) is 3.83. The molecular weight excluding hydrogens is 387 g/mol. The zero-order valence-corrected chi connectivity index (χ0v) is 15.8. The molecule has 1 fully saturated rings. The zero-order valence-electron chi connectivity index (χ0n) is 14.3. The summed E-state index contributed by atoms with van der Waals surface area (Å²) in [5.74, 6) is 0.737. The van der Waals surface area contributed by atoms with Crippen LogP contribution in [0.5, 0.6) is 5.75 Å². The number of ether oxygens (including phenoxy) is 1. The highest BCUT2D eigenvalue weighted by atomic mass is 35.5. The molecule has 0 unspecified atom stereocenters. The van der Waals surface area contributed by atoms with E-state index in [2.05, 4.69) is 4.90 Å². The van der Waals surface area contributed by atoms with Gasteiger partial charge in [-0.2, -0.15) is 0 Å². The number of pyridine rings is 1. The zero-order chi connectivity index (χ0) is 19.0. The van der Waals surface area contributed by atoms with Crippen LogP contribution in [0.4, 0.5) is 10.6 Å². The Balaban J connectivity index is 2.08. The fourth-order valence-electron chi connectivity index (χ4n) is 3.46. The van der Waals surface area contributed by atoms with Gasteiger partial charge in [-0.3, -0.25) is 0 Å². The highest BCUT2D eigenvalue weighted by Gasteiger charge is 2.26. The second-order valence-electron chi connectivity index (χ2n) is 6.37. The molecule has 5 nitrogen and oxygen atoms in total. The Morgan fingerprint density at radius 1 is 1.07 bits per heavy atom. The molecule has 1 N–H and O–H groups in total. The SMILES string of the molecule is O=C(O)Oc1c(N2CCCC2)nc2ccc(Cl)cc2c1-c1cccc(Cl)c1. The van der Waals surface area contributed by atoms with Gasteiger partial charge in [-0.05, 0) is 48.7 Å². The molecule has 3 aromatic rings. The number of aromatic nitrogens is 1. The monoisotopic (exact) mass is 402 g/mol. The molecule has 0 spiro atoms. The molecule has 4 rings (SSSR count). The number of hydrogen-bond donors (Lipinski definition) is 1. The van der Waals surface area contributed by atoms with E-state index in [1.165, 1.54) is 0 Å². The van der Waals surface area contributed by atoms with E-state index >= 15 is 0 Å². The molecule has 0 atom stereocenters. The molecule has 0 bridgehead atoms. The van der Waals surface area contributed by atoms with Gasteiger partial charge in [0.15, 0.2) is 11.6 Å². The summed E-state index contributed by atoms with van der Waals surface area (Å²) in [6, 6.07) is 12.6. The number of rotatable bonds is 3. The van der Waals surface area contributed by atoms with Crippen LogP contribution in [0.3, 0.4) is 0 Å². The molecule has 0 saturated carbocycles. The third-order valence-corrected chi connectivity index (χ3v) is 5.06. The van der Waals surface area contributed by atoms with Crippen molar-refractivity contribution in [3.63, 3.8) is 0 Å². The smallest absolute Gasteiger partial charge is 0.449 e. The number of fused-ring (bicyclic) bond motifs is 1. The van der Waals surface area contributed by atoms with Gasteiger partial charge < -0.3 is 14.7 Å². The molecule has 0 amide bonds. The average Bonchev–Trinajstić information content (AvgIpc) is 3.15. The maximum Gasteiger partial charge on any atom is 0.511 e. The first-order chi connectivity index (χ1) is 13.0. The van der Waals surface area contributed by atoms with E-state index in [9.17, 15) is 9.90 Å². The van der Waals surface area contributed by atoms with E-state index in [-0.39, 0.29) is 5.75 Å². The third-order valence-electron chi connectivity index (χ3n) is 4.59. The third kappa shape index (κ3) is 3.53. The molecule has 0 aliphatic carbocycles. The molecule has 27 heavy (non-hydrogen) atoms. The van der Waals surface area contributed by atoms with Gasteiger partial charge in [-0.25, -0.2) is 9.78 Å². The molecule has 1 saturated heterocycles. The van der Waals surface area contributed by atoms with Gasteiger partial charge in [-0.1, -0.05) is 35.3 Å². The lowest BCUT2D eigenvalue weighted by atomic mass is 9.99. The van der Waals surface area contributed by atoms with Gasteiger partial charge in [-0.15, -0.1) is 0 Å². The number of benzene rings is 2. The summed E-state index contributed by atoms with van der Waals surface area (Å²) >= 11 is 12.4. The lowest BCUT2D eigenvalue weighted by molar-refractivity contribution is 0.144. The van der Waals surface area contributed by atoms with Crippen LogP contribution < -0.4 is 9.64 Å². The summed E-state index contributed by atoms with van der Waals surface area (Å²) in [6.07, 6.45) is 0.667. The molecular formula is C20H16Cl2N2O3. The van der Waals surface area contributed by atoms with Crippen molar-refractivity contribution in [3.8, 4) is 16.9 Å². The Bertz CT molecular complexity index is 1030. The van der Waals surface area contributed by atoms with Crippen LogP contribution in [0.1, 0.15) is 12.8 Å². The standard InChI is InChI=1S/C20H16Cl2N2O3/c21-13-5-3-4-12(10-13)17-15-11-14(22)6-7-16(15)23-19(18(17)27-20(25)26)24-8-1-2-9-24/h3-7,10-11H,1-2,8-9H2,(H,25,26). The van der Waals surface area contributed by atoms with E-state index in [4.69, 9.17) is 32.9 Å². The molecule has 1 aliphatic heterocycles. The Kier molecular flexibility index (Phi) is 4.81. The van der Waals surface area contributed by atoms with Crippen molar-refractivity contribution in [1.29, 1.82) is 0 Å². The summed E-state index contributed by atoms with van der Waals surface area (Å²) in [6.45, 7) is 1.61. The summed E-state index contributed by atoms with van der Waals surface area (Å²) in [4.78, 5) is 18.2. The van der Waals surface area contributed by atoms with Crippen LogP contribution in [-0.4, -0.2) is 29.3 Å². The van der Waals surface area contributed by atoms with Gasteiger partial charge in [0.2, 0.25) is 0 Å². The first-order valence-electron chi connectivity index (χ1n) is 8.58. The molecule has 1 aliphatic rings. The molecule has 2 heterocycles. The largest absolute Gasteiger partial charge is 0.511 e. The maximum absolute atomic E-state index is 11.5. The molecule has 7 heteroatoms. The van der Waals surface area contributed by atoms with Gasteiger partial charge in [0.25, 0.3) is 0 Å². The van der Waals surface area contributed by atoms with E-state index in [0.717, 1.165) is 31.5 Å². The number of nitrogens with zero attached hydrogens (tertiary/aromatic N) is 2. The maximum atomic E-state index is 11.5. The summed E-state index contributed by atoms with van der Waals surface area (Å²) in [5.41, 5.74) is 2.08. The van der Waals surface area contributed by atoms with Gasteiger partial charge in [0.05, 0.1) is 5.52 Å². The van der Waals surface area contributed by atoms with Crippen molar-refractivity contribution in [2.24, 2.45) is 0 Å². The van der Waals surface area contributed by atoms with Crippen molar-refractivity contribution in [2.75, 3.05) is 18.0 Å². The van der Waals surface area contributed by atoms with Crippen molar-refractivity contribution in [2.45, 2.75) is 12.8 Å². The van der Waals surface area contributed by atoms with E-state index in [1.54, 1.807) is 24.3 Å². The van der Waals surface area contributed by atoms with Crippen LogP contribution in [0.25, 0.3) is 22.0 Å². The van der Waals surface area contributed by atoms with Crippen molar-refractivity contribution in [3.05, 3.63) is 52.5 Å². The van der Waals surface area contributed by atoms with E-state index in [0.29, 0.717) is 32.3 Å². The lowest BCUT2D eigenvalue weighted by Gasteiger charge is -2.22. The quantitative estimate of drug-likeness (QED) is 0.555. The first kappa shape index (κ1) is 17.9. The molecule has 1 aromatic heterocycles. The van der Waals surface area contributed by atoms with E-state index < -0.39 is 6.16 Å². The van der Waals surface area contributed by atoms with Crippen LogP contribution in [0.2, 0.25) is 10.0 Å². The lowest BCUT2D eigenvalue weighted by Crippen LogP contribution is -2.21. The summed E-state index contributed by atoms with van der Waals surface area (Å²) in [7, 11) is 0. The highest BCUT2D eigenvalue weighted by Crippen LogP contribution is 2.44. The minimum absolute atomic E-state index is 0.210. The number of halogens is 2. The van der Waals surface area contributed by atoms with Crippen molar-refractivity contribution < 1.29 is 14.6 Å². The van der Waals surface area contributed by atoms with Crippen LogP contribution >= 0.6 is 23.2 Å². The second-order valence-corrected chi connectivity index (χ2v) is 7.25. The highest BCUT2D eigenvalue weighted by molar-refractivity contribution is 6.32. The minimum atomic E-state index is -1.39. The molecule has 138 valence electrons. The summed E-state index contributed by atoms with van der Waals surface area (Å²) < 4.78 is 5.26. The number of carboxylic acid groups (broad SMARTS) is 1. The molecule has 0 radical (unpaired) electrons. The first-order valence-corrected chi connectivity index (χ1v) is 9.33. The van der Waals surface area contributed by atoms with Gasteiger partial charge in [0, 0.05) is 34.1 Å². The number of hydrogen-bond acceptors (Lipinski definition) is 4. The van der Waals surface area contributed by atoms with Crippen molar-refractivity contribution >= 4 is 46.1 Å². The fraction of sp³-hybridized carbons (Fsp3) is 0.200. The Hall–Kier alpha value is -2.50. The Morgan fingerprint density at radius 3 is 2.52 bits per heavy atom.